The van der Waals surface area contributed by atoms with Crippen molar-refractivity contribution in [2.45, 2.75) is 181 Å². The third kappa shape index (κ3) is 13.9. The summed E-state index contributed by atoms with van der Waals surface area (Å²) in [6.45, 7) is 17.7. The number of hydrogen-bond donors (Lipinski definition) is 2. The fraction of sp³-hybridized carbons (Fsp3) is 0.375. The Morgan fingerprint density at radius 2 is 0.698 bits per heavy atom. The third-order valence-electron chi connectivity index (χ3n) is 19.0. The maximum atomic E-state index is 15.9. The van der Waals surface area contributed by atoms with E-state index in [1.807, 2.05) is 60.7 Å². The maximum absolute atomic E-state index is 15.9. The van der Waals surface area contributed by atoms with Crippen molar-refractivity contribution >= 4 is 34.3 Å². The highest BCUT2D eigenvalue weighted by atomic mass is 16.5. The second-order valence-electron chi connectivity index (χ2n) is 27.2. The molecule has 6 nitrogen and oxygen atoms in total. The van der Waals surface area contributed by atoms with Gasteiger partial charge in [0.05, 0.1) is 33.6 Å². The summed E-state index contributed by atoms with van der Waals surface area (Å²) in [5.41, 5.74) is 13.0. The summed E-state index contributed by atoms with van der Waals surface area (Å²) in [6, 6.07) is 58.1. The van der Waals surface area contributed by atoms with E-state index in [9.17, 15) is 0 Å². The van der Waals surface area contributed by atoms with Crippen LogP contribution in [0.5, 0.6) is 23.0 Å². The highest BCUT2D eigenvalue weighted by molar-refractivity contribution is 6.34. The van der Waals surface area contributed by atoms with Gasteiger partial charge in [-0.2, -0.15) is 0 Å². The average Bonchev–Trinajstić information content (AvgIpc) is 0.812. The zero-order chi connectivity index (χ0) is 60.0. The molecule has 444 valence electrons. The Morgan fingerprint density at radius 3 is 1.01 bits per heavy atom. The highest BCUT2D eigenvalue weighted by Gasteiger charge is 2.40. The van der Waals surface area contributed by atoms with Crippen LogP contribution in [0.15, 0.2) is 170 Å². The lowest BCUT2D eigenvalue weighted by molar-refractivity contribution is 0.0976. The molecule has 2 fully saturated rings. The fourth-order valence-corrected chi connectivity index (χ4v) is 13.7. The Kier molecular flexibility index (Phi) is 18.5. The van der Waals surface area contributed by atoms with E-state index < -0.39 is 0 Å². The van der Waals surface area contributed by atoms with E-state index >= 15 is 9.59 Å². The van der Waals surface area contributed by atoms with Crippen molar-refractivity contribution in [3.8, 4) is 45.3 Å². The van der Waals surface area contributed by atoms with Crippen molar-refractivity contribution in [3.63, 3.8) is 0 Å². The van der Waals surface area contributed by atoms with Gasteiger partial charge in [-0.3, -0.25) is 9.59 Å². The molecule has 0 aromatic heterocycles. The second-order valence-corrected chi connectivity index (χ2v) is 27.2. The lowest BCUT2D eigenvalue weighted by Gasteiger charge is -2.29. The first-order valence-electron chi connectivity index (χ1n) is 32.5. The molecule has 11 rings (SSSR count). The monoisotopic (exact) mass is 1140 g/mol. The molecule has 0 bridgehead atoms. The number of fused-ring (bicyclic) bond motifs is 2. The van der Waals surface area contributed by atoms with Crippen LogP contribution in [0.3, 0.4) is 0 Å². The van der Waals surface area contributed by atoms with Gasteiger partial charge in [0.25, 0.3) is 0 Å². The summed E-state index contributed by atoms with van der Waals surface area (Å²) in [5, 5.41) is 7.12. The molecule has 0 aliphatic heterocycles. The predicted octanol–water partition coefficient (Wildman–Crippen LogP) is 23.2. The molecule has 0 amide bonds. The molecule has 3 aliphatic carbocycles. The first-order valence-corrected chi connectivity index (χ1v) is 32.5. The molecular weight excluding hydrogens is 1050 g/mol. The van der Waals surface area contributed by atoms with E-state index in [0.29, 0.717) is 34.7 Å². The van der Waals surface area contributed by atoms with Crippen LogP contribution in [0.25, 0.3) is 22.3 Å². The molecule has 0 radical (unpaired) electrons. The molecule has 8 aromatic rings. The van der Waals surface area contributed by atoms with E-state index in [-0.39, 0.29) is 56.1 Å². The SMILES string of the molecule is CCCCCC1CCC(c2ccc(-c3ccc(Oc4ccc(Oc5ccc(-c6ccc(C7CCC(CCCCC)CC7)cc6)cc5)c5c4C(=O)c4c(Nc6ccc(C(C)(C)C)cc6)ccc(Nc6ccc(C(C)(C)C)cc6)c4C5=O)cc3)cc2)CC1. The molecule has 8 aromatic carbocycles. The number of ketones is 2. The molecule has 6 heteroatoms. The molecule has 0 unspecified atom stereocenters. The highest BCUT2D eigenvalue weighted by Crippen LogP contribution is 2.47. The van der Waals surface area contributed by atoms with Gasteiger partial charge in [-0.05, 0) is 203 Å². The summed E-state index contributed by atoms with van der Waals surface area (Å²) >= 11 is 0. The molecule has 0 atom stereocenters. The standard InChI is InChI=1S/C80H90N2O4/c1-9-11-13-15-53-17-21-55(22-18-53)57-25-29-59(30-26-57)61-33-45-67(46-34-61)85-71-51-52-72(86-68-47-35-62(36-48-68)60-31-27-58(28-32-60)56-23-19-54(20-24-56)16-14-12-10-2)76-75(71)77(83)73-69(81-65-41-37-63(38-42-65)79(3,4)5)49-50-70(74(73)78(76)84)82-66-43-39-64(40-44-66)80(6,7)8/h25-56,81-82H,9-24H2,1-8H3. The summed E-state index contributed by atoms with van der Waals surface area (Å²) in [6.07, 6.45) is 21.2. The molecule has 2 saturated carbocycles. The van der Waals surface area contributed by atoms with Gasteiger partial charge in [0, 0.05) is 11.4 Å². The van der Waals surface area contributed by atoms with E-state index in [0.717, 1.165) is 45.5 Å². The lowest BCUT2D eigenvalue weighted by atomic mass is 9.77. The molecule has 2 N–H and O–H groups in total. The first-order chi connectivity index (χ1) is 41.6. The molecule has 0 spiro atoms. The zero-order valence-electron chi connectivity index (χ0n) is 52.4. The van der Waals surface area contributed by atoms with Gasteiger partial charge in [0.1, 0.15) is 23.0 Å². The number of unbranched alkanes of at least 4 members (excludes halogenated alkanes) is 4. The largest absolute Gasteiger partial charge is 0.457 e. The summed E-state index contributed by atoms with van der Waals surface area (Å²) in [4.78, 5) is 31.8. The van der Waals surface area contributed by atoms with Gasteiger partial charge in [0.15, 0.2) is 0 Å². The summed E-state index contributed by atoms with van der Waals surface area (Å²) in [5.74, 6) is 3.94. The van der Waals surface area contributed by atoms with Crippen LogP contribution in [0.2, 0.25) is 0 Å². The third-order valence-corrected chi connectivity index (χ3v) is 19.0. The second kappa shape index (κ2) is 26.5. The minimum Gasteiger partial charge on any atom is -0.457 e. The van der Waals surface area contributed by atoms with E-state index in [1.165, 1.54) is 125 Å². The van der Waals surface area contributed by atoms with Gasteiger partial charge in [-0.25, -0.2) is 0 Å². The Balaban J connectivity index is 0.904. The summed E-state index contributed by atoms with van der Waals surface area (Å²) < 4.78 is 13.6. The lowest BCUT2D eigenvalue weighted by Crippen LogP contribution is -2.25. The zero-order valence-corrected chi connectivity index (χ0v) is 52.4. The molecule has 0 saturated heterocycles. The van der Waals surface area contributed by atoms with Gasteiger partial charge < -0.3 is 20.1 Å². The number of anilines is 4. The number of ether oxygens (including phenoxy) is 2. The van der Waals surface area contributed by atoms with Crippen molar-refractivity contribution in [2.24, 2.45) is 11.8 Å². The van der Waals surface area contributed by atoms with Crippen LogP contribution in [-0.4, -0.2) is 11.6 Å². The number of carbonyl (C=O) groups excluding carboxylic acids is 2. The van der Waals surface area contributed by atoms with Gasteiger partial charge in [0.2, 0.25) is 11.6 Å². The van der Waals surface area contributed by atoms with Gasteiger partial charge in [-0.1, -0.05) is 204 Å². The van der Waals surface area contributed by atoms with Crippen molar-refractivity contribution in [1.29, 1.82) is 0 Å². The van der Waals surface area contributed by atoms with Gasteiger partial charge in [-0.15, -0.1) is 0 Å². The number of rotatable bonds is 20. The Morgan fingerprint density at radius 1 is 0.372 bits per heavy atom. The van der Waals surface area contributed by atoms with Crippen molar-refractivity contribution in [2.75, 3.05) is 10.6 Å². The van der Waals surface area contributed by atoms with Crippen LogP contribution in [0, 0.1) is 11.8 Å². The number of hydrogen-bond acceptors (Lipinski definition) is 6. The maximum Gasteiger partial charge on any atom is 0.200 e. The number of benzene rings is 8. The van der Waals surface area contributed by atoms with E-state index in [2.05, 4.69) is 163 Å². The molecule has 0 heterocycles. The van der Waals surface area contributed by atoms with Crippen LogP contribution in [0.1, 0.15) is 224 Å². The first kappa shape index (κ1) is 60.0. The van der Waals surface area contributed by atoms with Crippen LogP contribution in [-0.2, 0) is 10.8 Å². The Hall–Kier alpha value is -7.70. The summed E-state index contributed by atoms with van der Waals surface area (Å²) in [7, 11) is 0. The van der Waals surface area contributed by atoms with Crippen LogP contribution in [0.4, 0.5) is 22.7 Å². The van der Waals surface area contributed by atoms with Crippen LogP contribution < -0.4 is 20.1 Å². The fourth-order valence-electron chi connectivity index (χ4n) is 13.7. The minimum absolute atomic E-state index is 0.0449. The smallest absolute Gasteiger partial charge is 0.200 e. The topological polar surface area (TPSA) is 76.7 Å². The number of nitrogens with one attached hydrogen (secondary N) is 2. The quantitative estimate of drug-likeness (QED) is 0.0741. The molecule has 3 aliphatic rings. The van der Waals surface area contributed by atoms with Crippen molar-refractivity contribution in [3.05, 3.63) is 214 Å². The van der Waals surface area contributed by atoms with E-state index in [1.54, 1.807) is 12.1 Å². The van der Waals surface area contributed by atoms with Crippen molar-refractivity contribution < 1.29 is 19.1 Å². The molecule has 86 heavy (non-hydrogen) atoms. The Labute approximate surface area is 513 Å². The average molecular weight is 1140 g/mol. The van der Waals surface area contributed by atoms with Gasteiger partial charge >= 0.3 is 0 Å². The predicted molar refractivity (Wildman–Crippen MR) is 358 cm³/mol. The number of carbonyl (C=O) groups is 2. The van der Waals surface area contributed by atoms with Crippen LogP contribution >= 0.6 is 0 Å². The van der Waals surface area contributed by atoms with Crippen molar-refractivity contribution in [1.82, 2.24) is 0 Å². The normalized spacial score (nSPS) is 17.8. The minimum atomic E-state index is -0.351. The molecular formula is C80H90N2O4. The van der Waals surface area contributed by atoms with E-state index in [4.69, 9.17) is 9.47 Å². The Bertz CT molecular complexity index is 3350.